The summed E-state index contributed by atoms with van der Waals surface area (Å²) in [7, 11) is 1.33. The zero-order valence-electron chi connectivity index (χ0n) is 36.4. The predicted molar refractivity (Wildman–Crippen MR) is 236 cm³/mol. The number of fused-ring (bicyclic) bond motifs is 5. The van der Waals surface area contributed by atoms with Crippen molar-refractivity contribution in [3.05, 3.63) is 82.5 Å². The first-order valence-electron chi connectivity index (χ1n) is 20.6. The molecule has 0 saturated heterocycles. The maximum absolute atomic E-state index is 14.4. The van der Waals surface area contributed by atoms with E-state index < -0.39 is 54.3 Å². The SMILES string of the molecule is Cc1nc(-c2ccc(C(C)(C)C)cc2)nc(N)c1C(=O)NCC(=O)N(C)[C@@H]1C(=O)N[C@@H](C)C(=O)N[C@H](C(=O)O)Cc2ccc(OCCCN)c(c2)-c2cc1cc(OCCCN)c2O. The number of phenolic OH excluding ortho intramolecular Hbond substituents is 1. The van der Waals surface area contributed by atoms with Crippen molar-refractivity contribution >= 4 is 35.4 Å². The number of nitrogens with one attached hydrogen (secondary N) is 3. The molecule has 4 aromatic rings. The molecule has 3 aromatic carbocycles. The summed E-state index contributed by atoms with van der Waals surface area (Å²) >= 11 is 0. The number of aryl methyl sites for hydroxylation is 1. The Bertz CT molecular complexity index is 2320. The number of hydrogen-bond donors (Lipinski definition) is 8. The first-order chi connectivity index (χ1) is 29.8. The van der Waals surface area contributed by atoms with Gasteiger partial charge in [0.2, 0.25) is 17.7 Å². The summed E-state index contributed by atoms with van der Waals surface area (Å²) in [5, 5.41) is 29.5. The second-order valence-electron chi connectivity index (χ2n) is 16.4. The van der Waals surface area contributed by atoms with E-state index in [1.54, 1.807) is 25.1 Å². The number of hydrogen-bond acceptors (Lipinski definition) is 13. The van der Waals surface area contributed by atoms with Crippen LogP contribution in [0, 0.1) is 6.92 Å². The van der Waals surface area contributed by atoms with E-state index in [0.717, 1.165) is 10.5 Å². The van der Waals surface area contributed by atoms with Gasteiger partial charge in [0.1, 0.15) is 35.3 Å². The smallest absolute Gasteiger partial charge is 0.326 e. The molecule has 0 radical (unpaired) electrons. The Hall–Kier alpha value is -6.79. The lowest BCUT2D eigenvalue weighted by Gasteiger charge is -2.30. The fourth-order valence-corrected chi connectivity index (χ4v) is 6.95. The van der Waals surface area contributed by atoms with Crippen molar-refractivity contribution in [2.45, 2.75) is 77.4 Å². The molecular formula is C45H57N9O9. The molecule has 0 spiro atoms. The van der Waals surface area contributed by atoms with Gasteiger partial charge in [0.05, 0.1) is 25.5 Å². The maximum Gasteiger partial charge on any atom is 0.326 e. The number of nitrogens with two attached hydrogens (primary N) is 3. The summed E-state index contributed by atoms with van der Waals surface area (Å²) < 4.78 is 12.1. The number of nitrogens with zero attached hydrogens (tertiary/aromatic N) is 3. The van der Waals surface area contributed by atoms with Crippen LogP contribution in [0.5, 0.6) is 17.2 Å². The van der Waals surface area contributed by atoms with Crippen molar-refractivity contribution in [3.63, 3.8) is 0 Å². The van der Waals surface area contributed by atoms with Gasteiger partial charge >= 0.3 is 5.97 Å². The van der Waals surface area contributed by atoms with Gasteiger partial charge in [-0.1, -0.05) is 51.1 Å². The molecule has 1 aliphatic heterocycles. The maximum atomic E-state index is 14.4. The Labute approximate surface area is 365 Å². The highest BCUT2D eigenvalue weighted by Crippen LogP contribution is 2.44. The molecule has 63 heavy (non-hydrogen) atoms. The van der Waals surface area contributed by atoms with Gasteiger partial charge in [-0.2, -0.15) is 0 Å². The average Bonchev–Trinajstić information content (AvgIpc) is 3.23. The van der Waals surface area contributed by atoms with Crippen LogP contribution in [0.1, 0.15) is 79.3 Å². The first-order valence-corrected chi connectivity index (χ1v) is 20.6. The Morgan fingerprint density at radius 3 is 2.16 bits per heavy atom. The Morgan fingerprint density at radius 2 is 1.56 bits per heavy atom. The highest BCUT2D eigenvalue weighted by molar-refractivity contribution is 6.01. The van der Waals surface area contributed by atoms with Crippen LogP contribution in [0.4, 0.5) is 5.82 Å². The molecular weight excluding hydrogens is 811 g/mol. The van der Waals surface area contributed by atoms with E-state index in [0.29, 0.717) is 47.7 Å². The van der Waals surface area contributed by atoms with Crippen molar-refractivity contribution < 1.29 is 43.7 Å². The molecule has 4 amide bonds. The molecule has 3 atom stereocenters. The number of likely N-dealkylation sites (N-methyl/N-ethyl adjacent to an activating group) is 1. The van der Waals surface area contributed by atoms with Gasteiger partial charge in [-0.3, -0.25) is 19.2 Å². The Balaban J connectivity index is 1.54. The third-order valence-corrected chi connectivity index (χ3v) is 10.5. The third kappa shape index (κ3) is 11.4. The van der Waals surface area contributed by atoms with E-state index in [9.17, 15) is 34.2 Å². The van der Waals surface area contributed by atoms with Gasteiger partial charge in [-0.05, 0) is 86.1 Å². The molecule has 18 nitrogen and oxygen atoms in total. The number of ether oxygens (including phenoxy) is 2. The summed E-state index contributed by atoms with van der Waals surface area (Å²) in [6.07, 6.45) is 0.750. The molecule has 0 aliphatic carbocycles. The number of nitrogen functional groups attached to an aromatic ring is 1. The minimum atomic E-state index is -1.51. The van der Waals surface area contributed by atoms with Crippen molar-refractivity contribution in [1.82, 2.24) is 30.8 Å². The van der Waals surface area contributed by atoms with Gasteiger partial charge in [-0.15, -0.1) is 0 Å². The second-order valence-corrected chi connectivity index (χ2v) is 16.4. The van der Waals surface area contributed by atoms with Crippen LogP contribution in [0.15, 0.2) is 54.6 Å². The average molecular weight is 868 g/mol. The Morgan fingerprint density at radius 1 is 0.905 bits per heavy atom. The minimum absolute atomic E-state index is 0.0371. The summed E-state index contributed by atoms with van der Waals surface area (Å²) in [6.45, 7) is 9.56. The van der Waals surface area contributed by atoms with E-state index in [2.05, 4.69) is 46.7 Å². The molecule has 1 aliphatic rings. The number of benzene rings is 3. The van der Waals surface area contributed by atoms with Crippen LogP contribution < -0.4 is 42.6 Å². The number of phenols is 1. The van der Waals surface area contributed by atoms with Gasteiger partial charge < -0.3 is 57.7 Å². The fourth-order valence-electron chi connectivity index (χ4n) is 6.95. The van der Waals surface area contributed by atoms with E-state index in [-0.39, 0.29) is 71.3 Å². The number of amides is 4. The zero-order chi connectivity index (χ0) is 46.2. The number of aliphatic carboxylic acids is 1. The number of carbonyl (C=O) groups excluding carboxylic acids is 4. The minimum Gasteiger partial charge on any atom is -0.504 e. The third-order valence-electron chi connectivity index (χ3n) is 10.5. The van der Waals surface area contributed by atoms with E-state index in [1.165, 1.54) is 26.1 Å². The van der Waals surface area contributed by atoms with Crippen molar-refractivity contribution in [2.75, 3.05) is 45.6 Å². The lowest BCUT2D eigenvalue weighted by molar-refractivity contribution is -0.142. The first kappa shape index (κ1) is 47.3. The van der Waals surface area contributed by atoms with Crippen LogP contribution in [0.2, 0.25) is 0 Å². The number of rotatable bonds is 14. The van der Waals surface area contributed by atoms with Crippen molar-refractivity contribution in [1.29, 1.82) is 0 Å². The molecule has 1 aromatic heterocycles. The van der Waals surface area contributed by atoms with Crippen LogP contribution in [-0.2, 0) is 31.0 Å². The number of carbonyl (C=O) groups is 5. The van der Waals surface area contributed by atoms with Gasteiger partial charge in [0, 0.05) is 30.2 Å². The van der Waals surface area contributed by atoms with E-state index in [4.69, 9.17) is 26.7 Å². The summed E-state index contributed by atoms with van der Waals surface area (Å²) in [4.78, 5) is 77.8. The number of carboxylic acids is 1. The summed E-state index contributed by atoms with van der Waals surface area (Å²) in [5.41, 5.74) is 20.8. The predicted octanol–water partition coefficient (Wildman–Crippen LogP) is 2.72. The second kappa shape index (κ2) is 20.4. The molecule has 2 heterocycles. The van der Waals surface area contributed by atoms with E-state index in [1.807, 2.05) is 24.3 Å². The molecule has 0 unspecified atom stereocenters. The van der Waals surface area contributed by atoms with Crippen LogP contribution in [0.3, 0.4) is 0 Å². The van der Waals surface area contributed by atoms with Crippen LogP contribution >= 0.6 is 0 Å². The van der Waals surface area contributed by atoms with Crippen LogP contribution in [-0.4, -0.2) is 107 Å². The molecule has 0 saturated carbocycles. The van der Waals surface area contributed by atoms with Gasteiger partial charge in [0.15, 0.2) is 17.3 Å². The highest BCUT2D eigenvalue weighted by atomic mass is 16.5. The van der Waals surface area contributed by atoms with Gasteiger partial charge in [0.25, 0.3) is 5.91 Å². The molecule has 336 valence electrons. The Kier molecular flexibility index (Phi) is 15.3. The standard InChI is InChI=1S/C45H57N9O9/c1-24-36(39(48)53-40(50-24)27-10-12-29(13-11-27)45(3,4)5)42(58)49-23-35(55)54(6)37-28-21-31(38(56)34(22-28)63-18-8-16-47)30-19-26(9-14-33(30)62-17-7-15-46)20-32(44(60)61)52-41(57)25(2)51-43(37)59/h9-14,19,21-22,25,32,37,56H,7-8,15-18,20,23,46-47H2,1-6H3,(H,49,58)(H,51,59)(H,52,57)(H,60,61)(H2,48,50,53)/t25-,32-,37-/m0/s1. The lowest BCUT2D eigenvalue weighted by atomic mass is 9.86. The molecule has 0 fully saturated rings. The number of anilines is 1. The summed E-state index contributed by atoms with van der Waals surface area (Å²) in [5.74, 6) is -4.32. The fraction of sp³-hybridized carbons (Fsp3) is 0.400. The van der Waals surface area contributed by atoms with Crippen molar-refractivity contribution in [3.8, 4) is 39.8 Å². The monoisotopic (exact) mass is 867 g/mol. The van der Waals surface area contributed by atoms with Gasteiger partial charge in [-0.25, -0.2) is 14.8 Å². The van der Waals surface area contributed by atoms with E-state index >= 15 is 0 Å². The molecule has 11 N–H and O–H groups in total. The molecule has 4 bridgehead atoms. The summed E-state index contributed by atoms with van der Waals surface area (Å²) in [6, 6.07) is 11.3. The molecule has 18 heteroatoms. The zero-order valence-corrected chi connectivity index (χ0v) is 36.4. The largest absolute Gasteiger partial charge is 0.504 e. The quantitative estimate of drug-likeness (QED) is 0.0847. The lowest BCUT2D eigenvalue weighted by Crippen LogP contribution is -2.53. The number of aromatic nitrogens is 2. The van der Waals surface area contributed by atoms with Crippen LogP contribution in [0.25, 0.3) is 22.5 Å². The number of carboxylic acid groups (broad SMARTS) is 1. The molecule has 5 rings (SSSR count). The van der Waals surface area contributed by atoms with Crippen molar-refractivity contribution in [2.24, 2.45) is 11.5 Å². The number of aromatic hydroxyl groups is 1. The highest BCUT2D eigenvalue weighted by Gasteiger charge is 2.34. The topological polar surface area (TPSA) is 287 Å². The normalized spacial score (nSPS) is 16.5.